The predicted molar refractivity (Wildman–Crippen MR) is 110 cm³/mol. The summed E-state index contributed by atoms with van der Waals surface area (Å²) in [5.41, 5.74) is 3.39. The molecule has 5 rings (SSSR count). The zero-order valence-corrected chi connectivity index (χ0v) is 17.4. The van der Waals surface area contributed by atoms with E-state index in [2.05, 4.69) is 31.2 Å². The first kappa shape index (κ1) is 19.7. The van der Waals surface area contributed by atoms with Crippen LogP contribution in [0.15, 0.2) is 0 Å². The Bertz CT molecular complexity index is 495. The average Bonchev–Trinajstić information content (AvgIpc) is 3.50. The third-order valence-corrected chi connectivity index (χ3v) is 7.80. The summed E-state index contributed by atoms with van der Waals surface area (Å²) in [6.07, 6.45) is 11.5. The summed E-state index contributed by atoms with van der Waals surface area (Å²) in [5.74, 6) is 1.46. The summed E-state index contributed by atoms with van der Waals surface area (Å²) in [6.45, 7) is 8.51. The van der Waals surface area contributed by atoms with Crippen LogP contribution in [-0.2, 0) is 4.84 Å². The Morgan fingerprint density at radius 3 is 2.71 bits per heavy atom. The summed E-state index contributed by atoms with van der Waals surface area (Å²) in [4.78, 5) is 11.5. The molecule has 0 aliphatic carbocycles. The molecular formula is C21H40N6O. The Kier molecular flexibility index (Phi) is 6.50. The lowest BCUT2D eigenvalue weighted by Crippen LogP contribution is -2.54. The summed E-state index contributed by atoms with van der Waals surface area (Å²) in [6, 6.07) is 0.524. The van der Waals surface area contributed by atoms with Gasteiger partial charge in [-0.25, -0.2) is 0 Å². The molecule has 160 valence electrons. The molecule has 7 nitrogen and oxygen atoms in total. The molecule has 7 heteroatoms. The first-order valence-electron chi connectivity index (χ1n) is 12.0. The molecule has 5 heterocycles. The quantitative estimate of drug-likeness (QED) is 0.548. The number of rotatable bonds is 5. The molecule has 6 unspecified atom stereocenters. The molecule has 0 aromatic rings. The standard InChI is InChI=1S/C21H40N6O/c1-2-11-26(10-1)19-13-17(7-9-23-19)20-24-21(28-25-20)18-6-4-12-27(18)15-16-5-3-8-22-14-16/h16-25H,1-15H2. The minimum absolute atomic E-state index is 0.143. The van der Waals surface area contributed by atoms with Gasteiger partial charge < -0.3 is 10.6 Å². The molecule has 0 radical (unpaired) electrons. The van der Waals surface area contributed by atoms with Crippen LogP contribution in [0.1, 0.15) is 51.4 Å². The highest BCUT2D eigenvalue weighted by Crippen LogP contribution is 2.29. The Hall–Kier alpha value is -0.280. The van der Waals surface area contributed by atoms with Gasteiger partial charge in [0.25, 0.3) is 0 Å². The molecule has 0 amide bonds. The zero-order valence-electron chi connectivity index (χ0n) is 17.4. The minimum atomic E-state index is 0.143. The van der Waals surface area contributed by atoms with E-state index in [1.807, 2.05) is 0 Å². The predicted octanol–water partition coefficient (Wildman–Crippen LogP) is 0.649. The molecule has 28 heavy (non-hydrogen) atoms. The molecule has 0 spiro atoms. The fourth-order valence-electron chi connectivity index (χ4n) is 6.20. The largest absolute Gasteiger partial charge is 0.316 e. The van der Waals surface area contributed by atoms with E-state index >= 15 is 0 Å². The number of hydrogen-bond acceptors (Lipinski definition) is 7. The van der Waals surface area contributed by atoms with Crippen molar-refractivity contribution in [1.82, 2.24) is 31.2 Å². The fourth-order valence-corrected chi connectivity index (χ4v) is 6.20. The second-order valence-electron chi connectivity index (χ2n) is 9.71. The van der Waals surface area contributed by atoms with E-state index in [1.165, 1.54) is 90.6 Å². The fraction of sp³-hybridized carbons (Fsp3) is 1.00. The first-order chi connectivity index (χ1) is 13.9. The smallest absolute Gasteiger partial charge is 0.146 e. The monoisotopic (exact) mass is 392 g/mol. The number of hydrogen-bond donors (Lipinski definition) is 4. The Balaban J connectivity index is 1.14. The molecular weight excluding hydrogens is 352 g/mol. The van der Waals surface area contributed by atoms with Crippen molar-refractivity contribution in [3.63, 3.8) is 0 Å². The first-order valence-corrected chi connectivity index (χ1v) is 12.0. The topological polar surface area (TPSA) is 63.8 Å². The molecule has 0 aromatic carbocycles. The Morgan fingerprint density at radius 2 is 1.86 bits per heavy atom. The SMILES string of the molecule is C1CNCC(CN2CCCC2C2NC(C3CCNC(N4CCCC4)C3)NO2)C1. The van der Waals surface area contributed by atoms with Crippen LogP contribution in [-0.4, -0.2) is 80.2 Å². The lowest BCUT2D eigenvalue weighted by molar-refractivity contribution is -0.0274. The van der Waals surface area contributed by atoms with Crippen LogP contribution in [0.2, 0.25) is 0 Å². The normalized spacial score (nSPS) is 43.7. The van der Waals surface area contributed by atoms with E-state index in [-0.39, 0.29) is 6.23 Å². The van der Waals surface area contributed by atoms with Crippen LogP contribution in [0.5, 0.6) is 0 Å². The van der Waals surface area contributed by atoms with Gasteiger partial charge in [-0.05, 0) is 102 Å². The number of piperidine rings is 2. The van der Waals surface area contributed by atoms with Gasteiger partial charge in [0, 0.05) is 6.54 Å². The van der Waals surface area contributed by atoms with E-state index in [9.17, 15) is 0 Å². The van der Waals surface area contributed by atoms with Crippen LogP contribution in [0.3, 0.4) is 0 Å². The molecule has 5 aliphatic heterocycles. The zero-order chi connectivity index (χ0) is 18.8. The van der Waals surface area contributed by atoms with E-state index in [1.54, 1.807) is 0 Å². The van der Waals surface area contributed by atoms with Gasteiger partial charge >= 0.3 is 0 Å². The van der Waals surface area contributed by atoms with Gasteiger partial charge in [0.05, 0.1) is 18.4 Å². The van der Waals surface area contributed by atoms with Crippen LogP contribution in [0, 0.1) is 11.8 Å². The highest BCUT2D eigenvalue weighted by molar-refractivity contribution is 4.93. The molecule has 0 saturated carbocycles. The maximum Gasteiger partial charge on any atom is 0.146 e. The van der Waals surface area contributed by atoms with Crippen LogP contribution in [0.25, 0.3) is 0 Å². The summed E-state index contributed by atoms with van der Waals surface area (Å²) in [5, 5.41) is 11.2. The van der Waals surface area contributed by atoms with Crippen molar-refractivity contribution in [2.45, 2.75) is 76.0 Å². The van der Waals surface area contributed by atoms with Gasteiger partial charge in [0.15, 0.2) is 0 Å². The second kappa shape index (κ2) is 9.25. The van der Waals surface area contributed by atoms with Gasteiger partial charge in [-0.1, -0.05) is 0 Å². The maximum atomic E-state index is 6.13. The van der Waals surface area contributed by atoms with Crippen molar-refractivity contribution < 1.29 is 4.84 Å². The van der Waals surface area contributed by atoms with Gasteiger partial charge in [0.1, 0.15) is 6.23 Å². The van der Waals surface area contributed by atoms with Crippen molar-refractivity contribution in [1.29, 1.82) is 0 Å². The molecule has 0 aromatic heterocycles. The number of nitrogens with zero attached hydrogens (tertiary/aromatic N) is 2. The Morgan fingerprint density at radius 1 is 0.929 bits per heavy atom. The van der Waals surface area contributed by atoms with Crippen LogP contribution >= 0.6 is 0 Å². The number of hydroxylamine groups is 1. The molecule has 0 bridgehead atoms. The minimum Gasteiger partial charge on any atom is -0.316 e. The maximum absolute atomic E-state index is 6.13. The van der Waals surface area contributed by atoms with E-state index in [0.717, 1.165) is 12.5 Å². The van der Waals surface area contributed by atoms with Crippen molar-refractivity contribution in [2.24, 2.45) is 11.8 Å². The number of likely N-dealkylation sites (tertiary alicyclic amines) is 2. The van der Waals surface area contributed by atoms with Crippen molar-refractivity contribution >= 4 is 0 Å². The van der Waals surface area contributed by atoms with E-state index in [4.69, 9.17) is 4.84 Å². The van der Waals surface area contributed by atoms with Crippen molar-refractivity contribution in [2.75, 3.05) is 45.8 Å². The highest BCUT2D eigenvalue weighted by Gasteiger charge is 2.41. The summed E-state index contributed by atoms with van der Waals surface area (Å²) in [7, 11) is 0. The van der Waals surface area contributed by atoms with Crippen molar-refractivity contribution in [3.8, 4) is 0 Å². The third kappa shape index (κ3) is 4.41. The van der Waals surface area contributed by atoms with Gasteiger partial charge in [-0.3, -0.25) is 20.0 Å². The average molecular weight is 393 g/mol. The Labute approximate surface area is 170 Å². The van der Waals surface area contributed by atoms with Crippen LogP contribution in [0.4, 0.5) is 0 Å². The van der Waals surface area contributed by atoms with Crippen LogP contribution < -0.4 is 21.4 Å². The summed E-state index contributed by atoms with van der Waals surface area (Å²) < 4.78 is 0. The lowest BCUT2D eigenvalue weighted by Gasteiger charge is -2.38. The molecule has 4 N–H and O–H groups in total. The van der Waals surface area contributed by atoms with Gasteiger partial charge in [0.2, 0.25) is 0 Å². The van der Waals surface area contributed by atoms with Gasteiger partial charge in [-0.15, -0.1) is 0 Å². The van der Waals surface area contributed by atoms with Gasteiger partial charge in [-0.2, -0.15) is 5.48 Å². The molecule has 5 aliphatic rings. The summed E-state index contributed by atoms with van der Waals surface area (Å²) >= 11 is 0. The molecule has 6 atom stereocenters. The number of nitrogens with one attached hydrogen (secondary N) is 4. The second-order valence-corrected chi connectivity index (χ2v) is 9.71. The van der Waals surface area contributed by atoms with Crippen molar-refractivity contribution in [3.05, 3.63) is 0 Å². The van der Waals surface area contributed by atoms with E-state index < -0.39 is 0 Å². The lowest BCUT2D eigenvalue weighted by atomic mass is 9.92. The molecule has 5 fully saturated rings. The van der Waals surface area contributed by atoms with E-state index in [0.29, 0.717) is 24.3 Å². The third-order valence-electron chi connectivity index (χ3n) is 7.80. The highest BCUT2D eigenvalue weighted by atomic mass is 16.7. The molecule has 5 saturated heterocycles.